The Kier molecular flexibility index (Phi) is 6.41. The number of benzene rings is 1. The van der Waals surface area contributed by atoms with Gasteiger partial charge in [0.2, 0.25) is 10.0 Å². The molecule has 2 N–H and O–H groups in total. The number of hydrogen-bond acceptors (Lipinski definition) is 4. The molecule has 1 aromatic carbocycles. The summed E-state index contributed by atoms with van der Waals surface area (Å²) in [6.07, 6.45) is 0.278. The van der Waals surface area contributed by atoms with Crippen molar-refractivity contribution in [3.05, 3.63) is 34.9 Å². The predicted octanol–water partition coefficient (Wildman–Crippen LogP) is 1.42. The van der Waals surface area contributed by atoms with Crippen LogP contribution in [0.25, 0.3) is 0 Å². The fourth-order valence-electron chi connectivity index (χ4n) is 1.59. The summed E-state index contributed by atoms with van der Waals surface area (Å²) >= 11 is 5.90. The summed E-state index contributed by atoms with van der Waals surface area (Å²) in [5.74, 6) is -1.52. The van der Waals surface area contributed by atoms with Crippen LogP contribution < -0.4 is 4.72 Å². The smallest absolute Gasteiger partial charge is 0.326 e. The molecule has 0 saturated heterocycles. The molecule has 0 saturated carbocycles. The first-order valence-electron chi connectivity index (χ1n) is 5.83. The number of methoxy groups -OCH3 is 1. The number of carbonyl (C=O) groups is 1. The molecular formula is C12H16ClNO5S. The second kappa shape index (κ2) is 7.58. The highest BCUT2D eigenvalue weighted by Crippen LogP contribution is 2.23. The van der Waals surface area contributed by atoms with E-state index in [1.165, 1.54) is 19.2 Å². The van der Waals surface area contributed by atoms with Crippen molar-refractivity contribution < 1.29 is 23.1 Å². The molecule has 112 valence electrons. The maximum atomic E-state index is 11.8. The molecule has 0 fully saturated rings. The Bertz CT molecular complexity index is 561. The summed E-state index contributed by atoms with van der Waals surface area (Å²) in [4.78, 5) is 11.2. The van der Waals surface area contributed by atoms with Crippen LogP contribution in [0.3, 0.4) is 0 Å². The van der Waals surface area contributed by atoms with Gasteiger partial charge in [-0.15, -0.1) is 0 Å². The third kappa shape index (κ3) is 5.09. The molecule has 0 aromatic heterocycles. The van der Waals surface area contributed by atoms with Crippen LogP contribution in [-0.4, -0.2) is 39.0 Å². The van der Waals surface area contributed by atoms with Crippen molar-refractivity contribution in [2.24, 2.45) is 0 Å². The molecule has 0 radical (unpaired) electrons. The van der Waals surface area contributed by atoms with Crippen molar-refractivity contribution in [1.82, 2.24) is 4.72 Å². The molecule has 0 amide bonds. The second-order valence-electron chi connectivity index (χ2n) is 4.08. The molecule has 20 heavy (non-hydrogen) atoms. The predicted molar refractivity (Wildman–Crippen MR) is 75.2 cm³/mol. The van der Waals surface area contributed by atoms with Crippen LogP contribution in [0.15, 0.2) is 24.3 Å². The topological polar surface area (TPSA) is 92.7 Å². The molecule has 0 spiro atoms. The van der Waals surface area contributed by atoms with Crippen molar-refractivity contribution >= 4 is 27.6 Å². The monoisotopic (exact) mass is 321 g/mol. The zero-order chi connectivity index (χ0) is 15.2. The zero-order valence-electron chi connectivity index (χ0n) is 10.9. The molecule has 0 heterocycles. The van der Waals surface area contributed by atoms with Crippen LogP contribution >= 0.6 is 11.6 Å². The summed E-state index contributed by atoms with van der Waals surface area (Å²) < 4.78 is 30.6. The first kappa shape index (κ1) is 16.9. The van der Waals surface area contributed by atoms with Gasteiger partial charge in [-0.05, 0) is 18.1 Å². The van der Waals surface area contributed by atoms with E-state index >= 15 is 0 Å². The Morgan fingerprint density at radius 2 is 2.10 bits per heavy atom. The first-order valence-corrected chi connectivity index (χ1v) is 7.86. The van der Waals surface area contributed by atoms with Gasteiger partial charge in [-0.3, -0.25) is 4.79 Å². The average Bonchev–Trinajstić information content (AvgIpc) is 2.37. The molecule has 0 unspecified atom stereocenters. The number of ether oxygens (including phenoxy) is 1. The maximum Gasteiger partial charge on any atom is 0.326 e. The first-order chi connectivity index (χ1) is 9.37. The highest BCUT2D eigenvalue weighted by Gasteiger charge is 2.27. The number of halogens is 1. The van der Waals surface area contributed by atoms with Gasteiger partial charge in [0.25, 0.3) is 0 Å². The minimum Gasteiger partial charge on any atom is -0.480 e. The third-order valence-corrected chi connectivity index (χ3v) is 4.29. The molecule has 0 aliphatic rings. The van der Waals surface area contributed by atoms with E-state index in [0.29, 0.717) is 0 Å². The summed E-state index contributed by atoms with van der Waals surface area (Å²) in [6, 6.07) is 4.80. The van der Waals surface area contributed by atoms with E-state index in [2.05, 4.69) is 4.72 Å². The largest absolute Gasteiger partial charge is 0.480 e. The Morgan fingerprint density at radius 3 is 2.65 bits per heavy atom. The van der Waals surface area contributed by atoms with E-state index in [-0.39, 0.29) is 29.4 Å². The van der Waals surface area contributed by atoms with Gasteiger partial charge in [0.1, 0.15) is 6.04 Å². The van der Waals surface area contributed by atoms with Crippen molar-refractivity contribution in [2.45, 2.75) is 12.5 Å². The second-order valence-corrected chi connectivity index (χ2v) is 6.36. The highest BCUT2D eigenvalue weighted by molar-refractivity contribution is 7.89. The van der Waals surface area contributed by atoms with Gasteiger partial charge in [0.05, 0.1) is 5.75 Å². The number of aliphatic carboxylic acids is 1. The van der Waals surface area contributed by atoms with Gasteiger partial charge in [0.15, 0.2) is 0 Å². The van der Waals surface area contributed by atoms with E-state index < -0.39 is 22.0 Å². The molecule has 0 aliphatic carbocycles. The molecule has 1 rings (SSSR count). The lowest BCUT2D eigenvalue weighted by Crippen LogP contribution is -2.35. The minimum absolute atomic E-state index is 0.194. The van der Waals surface area contributed by atoms with Crippen LogP contribution in [0.5, 0.6) is 0 Å². The SMILES string of the molecule is COCCCS(=O)(=O)N[C@@H](C(=O)O)c1ccccc1Cl. The fraction of sp³-hybridized carbons (Fsp3) is 0.417. The lowest BCUT2D eigenvalue weighted by atomic mass is 10.1. The van der Waals surface area contributed by atoms with Crippen molar-refractivity contribution in [3.8, 4) is 0 Å². The number of nitrogens with one attached hydrogen (secondary N) is 1. The van der Waals surface area contributed by atoms with Crippen molar-refractivity contribution in [1.29, 1.82) is 0 Å². The number of hydrogen-bond donors (Lipinski definition) is 2. The summed E-state index contributed by atoms with van der Waals surface area (Å²) in [5, 5.41) is 9.37. The Labute approximate surface area is 122 Å². The van der Waals surface area contributed by atoms with Crippen LogP contribution in [0, 0.1) is 0 Å². The minimum atomic E-state index is -3.73. The molecule has 6 nitrogen and oxygen atoms in total. The van der Waals surface area contributed by atoms with Gasteiger partial charge >= 0.3 is 5.97 Å². The van der Waals surface area contributed by atoms with Crippen LogP contribution in [0.2, 0.25) is 5.02 Å². The Hall–Kier alpha value is -1.15. The average molecular weight is 322 g/mol. The number of carboxylic acids is 1. The van der Waals surface area contributed by atoms with Gasteiger partial charge < -0.3 is 9.84 Å². The Balaban J connectivity index is 2.89. The summed E-state index contributed by atoms with van der Waals surface area (Å²) in [6.45, 7) is 0.282. The van der Waals surface area contributed by atoms with E-state index in [1.807, 2.05) is 0 Å². The Morgan fingerprint density at radius 1 is 1.45 bits per heavy atom. The van der Waals surface area contributed by atoms with Crippen LogP contribution in [0.4, 0.5) is 0 Å². The maximum absolute atomic E-state index is 11.8. The van der Waals surface area contributed by atoms with Crippen molar-refractivity contribution in [2.75, 3.05) is 19.5 Å². The standard InChI is InChI=1S/C12H16ClNO5S/c1-19-7-4-8-20(17,18)14-11(12(15)16)9-5-2-3-6-10(9)13/h2-3,5-6,11,14H,4,7-8H2,1H3,(H,15,16)/t11-/m1/s1. The van der Waals surface area contributed by atoms with E-state index in [1.54, 1.807) is 12.1 Å². The van der Waals surface area contributed by atoms with E-state index in [4.69, 9.17) is 16.3 Å². The zero-order valence-corrected chi connectivity index (χ0v) is 12.4. The molecule has 0 aliphatic heterocycles. The number of rotatable bonds is 8. The molecule has 1 atom stereocenters. The number of sulfonamides is 1. The normalized spacial score (nSPS) is 13.1. The van der Waals surface area contributed by atoms with E-state index in [9.17, 15) is 18.3 Å². The van der Waals surface area contributed by atoms with Crippen LogP contribution in [-0.2, 0) is 19.6 Å². The van der Waals surface area contributed by atoms with Gasteiger partial charge in [-0.2, -0.15) is 4.72 Å². The lowest BCUT2D eigenvalue weighted by Gasteiger charge is -2.16. The molecular weight excluding hydrogens is 306 g/mol. The quantitative estimate of drug-likeness (QED) is 0.706. The van der Waals surface area contributed by atoms with Gasteiger partial charge in [0, 0.05) is 18.7 Å². The highest BCUT2D eigenvalue weighted by atomic mass is 35.5. The third-order valence-electron chi connectivity index (χ3n) is 2.52. The molecule has 8 heteroatoms. The van der Waals surface area contributed by atoms with Gasteiger partial charge in [-0.1, -0.05) is 29.8 Å². The van der Waals surface area contributed by atoms with Crippen molar-refractivity contribution in [3.63, 3.8) is 0 Å². The summed E-state index contributed by atoms with van der Waals surface area (Å²) in [7, 11) is -2.27. The molecule has 0 bridgehead atoms. The lowest BCUT2D eigenvalue weighted by molar-refractivity contribution is -0.139. The van der Waals surface area contributed by atoms with Crippen LogP contribution in [0.1, 0.15) is 18.0 Å². The van der Waals surface area contributed by atoms with Gasteiger partial charge in [-0.25, -0.2) is 8.42 Å². The number of carboxylic acid groups (broad SMARTS) is 1. The van der Waals surface area contributed by atoms with E-state index in [0.717, 1.165) is 0 Å². The fourth-order valence-corrected chi connectivity index (χ4v) is 3.04. The summed E-state index contributed by atoms with van der Waals surface area (Å²) in [5.41, 5.74) is 0.206. The molecule has 1 aromatic rings.